The first-order chi connectivity index (χ1) is 11.5. The zero-order chi connectivity index (χ0) is 17.4. The number of guanidine groups is 1. The van der Waals surface area contributed by atoms with E-state index < -0.39 is 0 Å². The maximum Gasteiger partial charge on any atom is 0.241 e. The first-order valence-electron chi connectivity index (χ1n) is 7.99. The minimum Gasteiger partial charge on any atom is -0.370 e. The molecular formula is C19H24N4O. The Bertz CT molecular complexity index is 711. The first kappa shape index (κ1) is 17.5. The molecule has 4 N–H and O–H groups in total. The van der Waals surface area contributed by atoms with Gasteiger partial charge in [-0.05, 0) is 49.1 Å². The summed E-state index contributed by atoms with van der Waals surface area (Å²) in [6, 6.07) is 16.0. The van der Waals surface area contributed by atoms with Crippen LogP contribution < -0.4 is 16.4 Å². The third kappa shape index (κ3) is 5.76. The molecule has 2 aromatic carbocycles. The predicted molar refractivity (Wildman–Crippen MR) is 99.2 cm³/mol. The number of carbonyl (C=O) groups is 1. The number of nitrogens with one attached hydrogen (secondary N) is 2. The van der Waals surface area contributed by atoms with E-state index in [9.17, 15) is 4.79 Å². The van der Waals surface area contributed by atoms with E-state index in [2.05, 4.69) is 22.5 Å². The van der Waals surface area contributed by atoms with Crippen molar-refractivity contribution in [1.29, 1.82) is 0 Å². The molecule has 2 aromatic rings. The van der Waals surface area contributed by atoms with Crippen LogP contribution in [0.4, 0.5) is 5.69 Å². The fourth-order valence-electron chi connectivity index (χ4n) is 2.21. The van der Waals surface area contributed by atoms with Crippen LogP contribution in [-0.2, 0) is 11.2 Å². The number of hydrogen-bond donors (Lipinski definition) is 3. The maximum atomic E-state index is 11.8. The maximum absolute atomic E-state index is 11.8. The largest absolute Gasteiger partial charge is 0.370 e. The molecule has 0 bridgehead atoms. The molecule has 126 valence electrons. The Kier molecular flexibility index (Phi) is 6.37. The van der Waals surface area contributed by atoms with Crippen molar-refractivity contribution in [2.24, 2.45) is 10.7 Å². The van der Waals surface area contributed by atoms with E-state index in [1.54, 1.807) is 0 Å². The van der Waals surface area contributed by atoms with Crippen LogP contribution in [0.3, 0.4) is 0 Å². The topological polar surface area (TPSA) is 79.5 Å². The summed E-state index contributed by atoms with van der Waals surface area (Å²) in [5.74, 6) is 0.0900. The van der Waals surface area contributed by atoms with Crippen molar-refractivity contribution in [3.05, 3.63) is 65.2 Å². The summed E-state index contributed by atoms with van der Waals surface area (Å²) in [5, 5.41) is 5.83. The van der Waals surface area contributed by atoms with Crippen LogP contribution >= 0.6 is 0 Å². The van der Waals surface area contributed by atoms with Crippen molar-refractivity contribution >= 4 is 17.6 Å². The number of aliphatic imine (C=N–C) groups is 1. The average Bonchev–Trinajstić information content (AvgIpc) is 2.57. The minimum atomic E-state index is -0.143. The molecule has 5 heteroatoms. The lowest BCUT2D eigenvalue weighted by molar-refractivity contribution is -0.119. The highest BCUT2D eigenvalue weighted by molar-refractivity contribution is 5.94. The summed E-state index contributed by atoms with van der Waals surface area (Å²) in [6.07, 6.45) is 0.798. The Morgan fingerprint density at radius 1 is 1.08 bits per heavy atom. The second-order valence-electron chi connectivity index (χ2n) is 5.71. The van der Waals surface area contributed by atoms with Crippen LogP contribution in [0.2, 0.25) is 0 Å². The number of aryl methyl sites for hydroxylation is 2. The Morgan fingerprint density at radius 2 is 1.83 bits per heavy atom. The third-order valence-electron chi connectivity index (χ3n) is 3.75. The number of nitrogens with zero attached hydrogens (tertiary/aromatic N) is 1. The molecule has 0 aromatic heterocycles. The Hall–Kier alpha value is -2.82. The lowest BCUT2D eigenvalue weighted by Gasteiger charge is -2.08. The summed E-state index contributed by atoms with van der Waals surface area (Å²) >= 11 is 0. The van der Waals surface area contributed by atoms with Gasteiger partial charge in [0.15, 0.2) is 5.96 Å². The fraction of sp³-hybridized carbons (Fsp3) is 0.263. The van der Waals surface area contributed by atoms with E-state index >= 15 is 0 Å². The van der Waals surface area contributed by atoms with Crippen LogP contribution in [0.15, 0.2) is 53.5 Å². The van der Waals surface area contributed by atoms with Gasteiger partial charge in [-0.1, -0.05) is 36.4 Å². The van der Waals surface area contributed by atoms with Crippen molar-refractivity contribution in [3.63, 3.8) is 0 Å². The van der Waals surface area contributed by atoms with Gasteiger partial charge in [0.1, 0.15) is 6.54 Å². The van der Waals surface area contributed by atoms with Crippen LogP contribution in [0, 0.1) is 13.8 Å². The van der Waals surface area contributed by atoms with Gasteiger partial charge in [-0.25, -0.2) is 4.99 Å². The molecule has 0 unspecified atom stereocenters. The van der Waals surface area contributed by atoms with Crippen molar-refractivity contribution in [3.8, 4) is 0 Å². The second kappa shape index (κ2) is 8.72. The van der Waals surface area contributed by atoms with Gasteiger partial charge in [0.05, 0.1) is 0 Å². The van der Waals surface area contributed by atoms with E-state index in [-0.39, 0.29) is 18.4 Å². The van der Waals surface area contributed by atoms with Gasteiger partial charge in [-0.3, -0.25) is 4.79 Å². The summed E-state index contributed by atoms with van der Waals surface area (Å²) in [6.45, 7) is 4.69. The van der Waals surface area contributed by atoms with Gasteiger partial charge in [0, 0.05) is 12.2 Å². The summed E-state index contributed by atoms with van der Waals surface area (Å²) in [5.41, 5.74) is 10.3. The van der Waals surface area contributed by atoms with Gasteiger partial charge >= 0.3 is 0 Å². The number of amides is 1. The summed E-state index contributed by atoms with van der Waals surface area (Å²) < 4.78 is 0. The monoisotopic (exact) mass is 324 g/mol. The molecule has 24 heavy (non-hydrogen) atoms. The molecule has 0 fully saturated rings. The number of hydrogen-bond acceptors (Lipinski definition) is 2. The highest BCUT2D eigenvalue weighted by Gasteiger charge is 2.02. The molecule has 0 atom stereocenters. The van der Waals surface area contributed by atoms with Gasteiger partial charge in [-0.2, -0.15) is 0 Å². The molecular weight excluding hydrogens is 300 g/mol. The number of nitrogens with two attached hydrogens (primary N) is 1. The minimum absolute atomic E-state index is 0.0124. The van der Waals surface area contributed by atoms with Gasteiger partial charge < -0.3 is 16.4 Å². The van der Waals surface area contributed by atoms with Crippen LogP contribution in [-0.4, -0.2) is 25.0 Å². The van der Waals surface area contributed by atoms with E-state index in [0.29, 0.717) is 6.54 Å². The molecule has 0 aliphatic rings. The number of carbonyl (C=O) groups excluding carboxylic acids is 1. The van der Waals surface area contributed by atoms with Crippen molar-refractivity contribution in [2.45, 2.75) is 20.3 Å². The zero-order valence-electron chi connectivity index (χ0n) is 14.2. The highest BCUT2D eigenvalue weighted by atomic mass is 16.1. The number of anilines is 1. The Morgan fingerprint density at radius 3 is 2.54 bits per heavy atom. The lowest BCUT2D eigenvalue weighted by Crippen LogP contribution is -2.30. The molecule has 0 spiro atoms. The van der Waals surface area contributed by atoms with Crippen LogP contribution in [0.1, 0.15) is 16.7 Å². The van der Waals surface area contributed by atoms with Gasteiger partial charge in [0.25, 0.3) is 0 Å². The molecule has 0 saturated heterocycles. The highest BCUT2D eigenvalue weighted by Crippen LogP contribution is 2.13. The van der Waals surface area contributed by atoms with E-state index in [1.165, 1.54) is 16.7 Å². The van der Waals surface area contributed by atoms with Gasteiger partial charge in [0.2, 0.25) is 5.91 Å². The van der Waals surface area contributed by atoms with E-state index in [0.717, 1.165) is 12.1 Å². The molecule has 5 nitrogen and oxygen atoms in total. The molecule has 2 rings (SSSR count). The SMILES string of the molecule is Cc1ccc(NC(N)=NCC(=O)NCCc2ccccc2)cc1C. The fourth-order valence-corrected chi connectivity index (χ4v) is 2.21. The zero-order valence-corrected chi connectivity index (χ0v) is 14.2. The Labute approximate surface area is 143 Å². The number of rotatable bonds is 6. The molecule has 0 radical (unpaired) electrons. The van der Waals surface area contributed by atoms with Crippen molar-refractivity contribution in [2.75, 3.05) is 18.4 Å². The molecule has 0 heterocycles. The predicted octanol–water partition coefficient (Wildman–Crippen LogP) is 2.39. The number of benzene rings is 2. The summed E-state index contributed by atoms with van der Waals surface area (Å²) in [7, 11) is 0. The summed E-state index contributed by atoms with van der Waals surface area (Å²) in [4.78, 5) is 15.9. The van der Waals surface area contributed by atoms with E-state index in [1.807, 2.05) is 55.5 Å². The van der Waals surface area contributed by atoms with E-state index in [4.69, 9.17) is 5.73 Å². The van der Waals surface area contributed by atoms with Crippen LogP contribution in [0.5, 0.6) is 0 Å². The molecule has 0 aliphatic heterocycles. The third-order valence-corrected chi connectivity index (χ3v) is 3.75. The first-order valence-corrected chi connectivity index (χ1v) is 7.99. The van der Waals surface area contributed by atoms with Crippen molar-refractivity contribution in [1.82, 2.24) is 5.32 Å². The molecule has 0 aliphatic carbocycles. The van der Waals surface area contributed by atoms with Gasteiger partial charge in [-0.15, -0.1) is 0 Å². The average molecular weight is 324 g/mol. The molecule has 1 amide bonds. The van der Waals surface area contributed by atoms with Crippen molar-refractivity contribution < 1.29 is 4.79 Å². The second-order valence-corrected chi connectivity index (χ2v) is 5.71. The van der Waals surface area contributed by atoms with Crippen LogP contribution in [0.25, 0.3) is 0 Å². The smallest absolute Gasteiger partial charge is 0.241 e. The standard InChI is InChI=1S/C19H24N4O/c1-14-8-9-17(12-15(14)2)23-19(20)22-13-18(24)21-11-10-16-6-4-3-5-7-16/h3-9,12H,10-11,13H2,1-2H3,(H,21,24)(H3,20,22,23). The quantitative estimate of drug-likeness (QED) is 0.564. The lowest BCUT2D eigenvalue weighted by atomic mass is 10.1. The normalized spacial score (nSPS) is 11.2. The molecule has 0 saturated carbocycles. The Balaban J connectivity index is 1.74.